The molecule has 0 saturated heterocycles. The van der Waals surface area contributed by atoms with E-state index in [2.05, 4.69) is 4.98 Å². The molecule has 3 rings (SSSR count). The van der Waals surface area contributed by atoms with Crippen LogP contribution in [0.5, 0.6) is 0 Å². The van der Waals surface area contributed by atoms with E-state index in [1.807, 2.05) is 0 Å². The number of nitrogens with two attached hydrogens (primary N) is 1. The standard InChI is InChI=1S/C19H16F3N3O4/c1-3-29-18(28)12-9(2)24-16-13(14(12)23)15(26)17(27)25(16)8-10-6-4-5-7-11(10)19(20,21)22/h4-7H,3,8H2,1-2H3,(H2,23,24). The van der Waals surface area contributed by atoms with Gasteiger partial charge in [-0.3, -0.25) is 14.5 Å². The summed E-state index contributed by atoms with van der Waals surface area (Å²) >= 11 is 0. The largest absolute Gasteiger partial charge is 0.462 e. The number of Topliss-reactive ketones (excluding diaryl/α,β-unsaturated/α-hetero) is 1. The van der Waals surface area contributed by atoms with E-state index < -0.39 is 35.9 Å². The van der Waals surface area contributed by atoms with Crippen LogP contribution in [0.4, 0.5) is 24.7 Å². The molecule has 7 nitrogen and oxygen atoms in total. The number of aromatic nitrogens is 1. The van der Waals surface area contributed by atoms with Crippen LogP contribution in [0.1, 0.15) is 44.5 Å². The Labute approximate surface area is 163 Å². The average molecular weight is 407 g/mol. The van der Waals surface area contributed by atoms with Crippen LogP contribution in [-0.2, 0) is 22.3 Å². The number of fused-ring (bicyclic) bond motifs is 1. The Morgan fingerprint density at radius 2 is 1.90 bits per heavy atom. The number of alkyl halides is 3. The number of carbonyl (C=O) groups excluding carboxylic acids is 3. The quantitative estimate of drug-likeness (QED) is 0.618. The predicted octanol–water partition coefficient (Wildman–Crippen LogP) is 2.90. The highest BCUT2D eigenvalue weighted by atomic mass is 19.4. The zero-order valence-electron chi connectivity index (χ0n) is 15.5. The number of rotatable bonds is 4. The lowest BCUT2D eigenvalue weighted by atomic mass is 10.1. The zero-order chi connectivity index (χ0) is 21.5. The van der Waals surface area contributed by atoms with Crippen molar-refractivity contribution in [3.8, 4) is 0 Å². The molecule has 29 heavy (non-hydrogen) atoms. The Morgan fingerprint density at radius 1 is 1.24 bits per heavy atom. The summed E-state index contributed by atoms with van der Waals surface area (Å²) in [4.78, 5) is 42.0. The fourth-order valence-corrected chi connectivity index (χ4v) is 3.17. The van der Waals surface area contributed by atoms with Crippen molar-refractivity contribution >= 4 is 29.2 Å². The summed E-state index contributed by atoms with van der Waals surface area (Å²) in [6.07, 6.45) is -4.64. The van der Waals surface area contributed by atoms with Crippen LogP contribution >= 0.6 is 0 Å². The number of halogens is 3. The molecule has 0 radical (unpaired) electrons. The third-order valence-electron chi connectivity index (χ3n) is 4.45. The molecule has 2 heterocycles. The van der Waals surface area contributed by atoms with Gasteiger partial charge in [0.15, 0.2) is 0 Å². The maximum absolute atomic E-state index is 13.3. The molecule has 0 fully saturated rings. The topological polar surface area (TPSA) is 103 Å². The van der Waals surface area contributed by atoms with Gasteiger partial charge in [0, 0.05) is 0 Å². The highest BCUT2D eigenvalue weighted by Crippen LogP contribution is 2.38. The number of nitrogens with zero attached hydrogens (tertiary/aromatic N) is 2. The van der Waals surface area contributed by atoms with Crippen molar-refractivity contribution in [2.24, 2.45) is 0 Å². The number of hydrogen-bond donors (Lipinski definition) is 1. The summed E-state index contributed by atoms with van der Waals surface area (Å²) < 4.78 is 44.7. The van der Waals surface area contributed by atoms with Gasteiger partial charge in [-0.05, 0) is 25.5 Å². The van der Waals surface area contributed by atoms with Gasteiger partial charge in [0.1, 0.15) is 11.4 Å². The minimum absolute atomic E-state index is 0.0576. The number of carbonyl (C=O) groups is 3. The molecule has 152 valence electrons. The third kappa shape index (κ3) is 3.41. The van der Waals surface area contributed by atoms with E-state index in [4.69, 9.17) is 10.5 Å². The average Bonchev–Trinajstić information content (AvgIpc) is 2.86. The number of ether oxygens (including phenoxy) is 1. The molecule has 1 aromatic carbocycles. The zero-order valence-corrected chi connectivity index (χ0v) is 15.5. The monoisotopic (exact) mass is 407 g/mol. The van der Waals surface area contributed by atoms with E-state index in [9.17, 15) is 27.6 Å². The minimum Gasteiger partial charge on any atom is -0.462 e. The van der Waals surface area contributed by atoms with E-state index in [1.54, 1.807) is 6.92 Å². The van der Waals surface area contributed by atoms with Crippen LogP contribution < -0.4 is 10.6 Å². The van der Waals surface area contributed by atoms with Gasteiger partial charge in [-0.2, -0.15) is 13.2 Å². The molecular formula is C19H16F3N3O4. The summed E-state index contributed by atoms with van der Waals surface area (Å²) in [5, 5.41) is 0. The minimum atomic E-state index is -4.64. The van der Waals surface area contributed by atoms with Crippen molar-refractivity contribution in [2.45, 2.75) is 26.6 Å². The SMILES string of the molecule is CCOC(=O)c1c(C)nc2c(c1N)C(=O)C(=O)N2Cc1ccccc1C(F)(F)F. The number of pyridine rings is 1. The number of amides is 1. The molecule has 10 heteroatoms. The second-order valence-corrected chi connectivity index (χ2v) is 6.28. The fourth-order valence-electron chi connectivity index (χ4n) is 3.17. The van der Waals surface area contributed by atoms with Crippen LogP contribution in [0.3, 0.4) is 0 Å². The van der Waals surface area contributed by atoms with Crippen LogP contribution in [-0.4, -0.2) is 29.3 Å². The van der Waals surface area contributed by atoms with E-state index in [0.29, 0.717) is 0 Å². The Balaban J connectivity index is 2.10. The smallest absolute Gasteiger partial charge is 0.416 e. The van der Waals surface area contributed by atoms with Gasteiger partial charge < -0.3 is 10.5 Å². The Bertz CT molecular complexity index is 1030. The molecule has 2 N–H and O–H groups in total. The molecule has 1 aliphatic rings. The lowest BCUT2D eigenvalue weighted by Gasteiger charge is -2.20. The number of hydrogen-bond acceptors (Lipinski definition) is 6. The number of ketones is 1. The first-order valence-electron chi connectivity index (χ1n) is 8.56. The highest BCUT2D eigenvalue weighted by Gasteiger charge is 2.42. The summed E-state index contributed by atoms with van der Waals surface area (Å²) in [5.41, 5.74) is 4.17. The fraction of sp³-hybridized carbons (Fsp3) is 0.263. The van der Waals surface area contributed by atoms with Crippen molar-refractivity contribution in [3.63, 3.8) is 0 Å². The van der Waals surface area contributed by atoms with Crippen LogP contribution in [0.25, 0.3) is 0 Å². The van der Waals surface area contributed by atoms with E-state index >= 15 is 0 Å². The molecule has 0 bridgehead atoms. The number of esters is 1. The van der Waals surface area contributed by atoms with Crippen LogP contribution in [0, 0.1) is 6.92 Å². The third-order valence-corrected chi connectivity index (χ3v) is 4.45. The first kappa shape index (κ1) is 20.3. The molecule has 0 unspecified atom stereocenters. The predicted molar refractivity (Wildman–Crippen MR) is 96.3 cm³/mol. The van der Waals surface area contributed by atoms with Gasteiger partial charge in [0.2, 0.25) is 0 Å². The second-order valence-electron chi connectivity index (χ2n) is 6.28. The number of aryl methyl sites for hydroxylation is 1. The lowest BCUT2D eigenvalue weighted by molar-refractivity contribution is -0.138. The van der Waals surface area contributed by atoms with Gasteiger partial charge >= 0.3 is 18.1 Å². The van der Waals surface area contributed by atoms with Gasteiger partial charge in [-0.1, -0.05) is 18.2 Å². The van der Waals surface area contributed by atoms with Gasteiger partial charge in [0.25, 0.3) is 5.78 Å². The van der Waals surface area contributed by atoms with Crippen molar-refractivity contribution < 1.29 is 32.3 Å². The molecule has 1 aromatic heterocycles. The number of anilines is 2. The van der Waals surface area contributed by atoms with E-state index in [0.717, 1.165) is 11.0 Å². The van der Waals surface area contributed by atoms with Gasteiger partial charge in [-0.15, -0.1) is 0 Å². The molecule has 0 aliphatic carbocycles. The molecule has 2 aromatic rings. The van der Waals surface area contributed by atoms with Gasteiger partial charge in [-0.25, -0.2) is 9.78 Å². The maximum atomic E-state index is 13.3. The summed E-state index contributed by atoms with van der Waals surface area (Å²) in [7, 11) is 0. The molecular weight excluding hydrogens is 391 g/mol. The first-order chi connectivity index (χ1) is 13.6. The van der Waals surface area contributed by atoms with E-state index in [1.165, 1.54) is 25.1 Å². The number of benzene rings is 1. The first-order valence-corrected chi connectivity index (χ1v) is 8.56. The van der Waals surface area contributed by atoms with E-state index in [-0.39, 0.29) is 40.5 Å². The van der Waals surface area contributed by atoms with Gasteiger partial charge in [0.05, 0.1) is 35.7 Å². The summed E-state index contributed by atoms with van der Waals surface area (Å²) in [6, 6.07) is 4.71. The van der Waals surface area contributed by atoms with Crippen LogP contribution in [0.2, 0.25) is 0 Å². The molecule has 1 amide bonds. The molecule has 0 atom stereocenters. The summed E-state index contributed by atoms with van der Waals surface area (Å²) in [6.45, 7) is 2.54. The van der Waals surface area contributed by atoms with Crippen molar-refractivity contribution in [2.75, 3.05) is 17.2 Å². The van der Waals surface area contributed by atoms with Crippen molar-refractivity contribution in [3.05, 3.63) is 52.2 Å². The molecule has 0 saturated carbocycles. The number of nitrogen functional groups attached to an aromatic ring is 1. The molecule has 0 spiro atoms. The Morgan fingerprint density at radius 3 is 2.52 bits per heavy atom. The highest BCUT2D eigenvalue weighted by molar-refractivity contribution is 6.53. The maximum Gasteiger partial charge on any atom is 0.416 e. The second kappa shape index (κ2) is 7.19. The Kier molecular flexibility index (Phi) is 5.04. The van der Waals surface area contributed by atoms with Crippen molar-refractivity contribution in [1.29, 1.82) is 0 Å². The summed E-state index contributed by atoms with van der Waals surface area (Å²) in [5.74, 6) is -3.10. The normalized spacial score (nSPS) is 13.6. The van der Waals surface area contributed by atoms with Crippen LogP contribution in [0.15, 0.2) is 24.3 Å². The Hall–Kier alpha value is -3.43. The van der Waals surface area contributed by atoms with Crippen molar-refractivity contribution in [1.82, 2.24) is 4.98 Å². The lowest BCUT2D eigenvalue weighted by Crippen LogP contribution is -2.30. The molecule has 1 aliphatic heterocycles.